The van der Waals surface area contributed by atoms with Gasteiger partial charge in [0.25, 0.3) is 0 Å². The first-order chi connectivity index (χ1) is 10.6. The molecule has 1 atom stereocenters. The summed E-state index contributed by atoms with van der Waals surface area (Å²) in [7, 11) is 1.49. The lowest BCUT2D eigenvalue weighted by molar-refractivity contribution is -0.133. The van der Waals surface area contributed by atoms with E-state index in [9.17, 15) is 14.4 Å². The average molecular weight is 306 g/mol. The molecule has 0 aliphatic heterocycles. The normalized spacial score (nSPS) is 11.6. The molecule has 1 aromatic rings. The van der Waals surface area contributed by atoms with E-state index >= 15 is 0 Å². The van der Waals surface area contributed by atoms with Crippen molar-refractivity contribution in [3.8, 4) is 11.8 Å². The maximum Gasteiger partial charge on any atom is 0.240 e. The second-order valence-electron chi connectivity index (χ2n) is 5.17. The van der Waals surface area contributed by atoms with Gasteiger partial charge in [-0.05, 0) is 36.6 Å². The molecule has 0 aliphatic rings. The summed E-state index contributed by atoms with van der Waals surface area (Å²) in [6.45, 7) is 5.25. The lowest BCUT2D eigenvalue weighted by Gasteiger charge is -2.24. The van der Waals surface area contributed by atoms with Crippen molar-refractivity contribution in [1.82, 2.24) is 4.90 Å². The predicted molar refractivity (Wildman–Crippen MR) is 82.9 cm³/mol. The van der Waals surface area contributed by atoms with Gasteiger partial charge in [-0.3, -0.25) is 4.79 Å². The minimum atomic E-state index is -0.825. The highest BCUT2D eigenvalue weighted by molar-refractivity contribution is 5.81. The third-order valence-electron chi connectivity index (χ3n) is 3.42. The molecule has 0 bridgehead atoms. The van der Waals surface area contributed by atoms with Crippen LogP contribution in [0.3, 0.4) is 0 Å². The standard InChI is InChI=1S/C17H23FN2O2/c1-4-8-20(9-5-2)17(21)14(12-19)10-13-11-15(18)6-7-16(13)22-3/h6-7,11,14H,4-5,8-10H2,1-3H3. The molecule has 0 fully saturated rings. The number of amides is 1. The Morgan fingerprint density at radius 3 is 2.50 bits per heavy atom. The van der Waals surface area contributed by atoms with Gasteiger partial charge in [-0.15, -0.1) is 0 Å². The maximum absolute atomic E-state index is 13.4. The number of nitrogens with zero attached hydrogens (tertiary/aromatic N) is 2. The minimum Gasteiger partial charge on any atom is -0.496 e. The summed E-state index contributed by atoms with van der Waals surface area (Å²) in [6, 6.07) is 6.18. The Hall–Kier alpha value is -2.09. The smallest absolute Gasteiger partial charge is 0.240 e. The van der Waals surface area contributed by atoms with E-state index in [4.69, 9.17) is 4.74 Å². The summed E-state index contributed by atoms with van der Waals surface area (Å²) in [5.41, 5.74) is 0.537. The van der Waals surface area contributed by atoms with Crippen LogP contribution >= 0.6 is 0 Å². The Morgan fingerprint density at radius 2 is 2.00 bits per heavy atom. The number of hydrogen-bond donors (Lipinski definition) is 0. The van der Waals surface area contributed by atoms with Crippen LogP contribution in [0.2, 0.25) is 0 Å². The molecule has 120 valence electrons. The number of benzene rings is 1. The fourth-order valence-corrected chi connectivity index (χ4v) is 2.41. The minimum absolute atomic E-state index is 0.153. The highest BCUT2D eigenvalue weighted by Gasteiger charge is 2.25. The third-order valence-corrected chi connectivity index (χ3v) is 3.42. The second kappa shape index (κ2) is 9.04. The SMILES string of the molecule is CCCN(CCC)C(=O)C(C#N)Cc1cc(F)ccc1OC. The monoisotopic (exact) mass is 306 g/mol. The number of ether oxygens (including phenoxy) is 1. The van der Waals surface area contributed by atoms with E-state index in [1.165, 1.54) is 25.3 Å². The van der Waals surface area contributed by atoms with Crippen molar-refractivity contribution in [2.24, 2.45) is 5.92 Å². The number of methoxy groups -OCH3 is 1. The summed E-state index contributed by atoms with van der Waals surface area (Å²) < 4.78 is 18.6. The number of rotatable bonds is 8. The molecule has 0 radical (unpaired) electrons. The van der Waals surface area contributed by atoms with Crippen LogP contribution in [0.4, 0.5) is 4.39 Å². The first-order valence-corrected chi connectivity index (χ1v) is 7.58. The molecule has 0 spiro atoms. The van der Waals surface area contributed by atoms with Gasteiger partial charge in [0.15, 0.2) is 0 Å². The van der Waals surface area contributed by atoms with Crippen LogP contribution in [0.15, 0.2) is 18.2 Å². The van der Waals surface area contributed by atoms with Crippen molar-refractivity contribution < 1.29 is 13.9 Å². The van der Waals surface area contributed by atoms with E-state index in [2.05, 4.69) is 0 Å². The van der Waals surface area contributed by atoms with Crippen molar-refractivity contribution in [1.29, 1.82) is 5.26 Å². The van der Waals surface area contributed by atoms with E-state index < -0.39 is 11.7 Å². The quantitative estimate of drug-likeness (QED) is 0.741. The molecule has 1 amide bonds. The summed E-state index contributed by atoms with van der Waals surface area (Å²) in [5, 5.41) is 9.34. The van der Waals surface area contributed by atoms with Gasteiger partial charge >= 0.3 is 0 Å². The number of halogens is 1. The van der Waals surface area contributed by atoms with Crippen molar-refractivity contribution >= 4 is 5.91 Å². The number of carbonyl (C=O) groups excluding carboxylic acids is 1. The Balaban J connectivity index is 2.95. The molecule has 5 heteroatoms. The van der Waals surface area contributed by atoms with Crippen molar-refractivity contribution in [3.63, 3.8) is 0 Å². The van der Waals surface area contributed by atoms with Gasteiger partial charge in [-0.2, -0.15) is 5.26 Å². The van der Waals surface area contributed by atoms with Crippen LogP contribution in [0, 0.1) is 23.1 Å². The maximum atomic E-state index is 13.4. The van der Waals surface area contributed by atoms with E-state index in [-0.39, 0.29) is 12.3 Å². The van der Waals surface area contributed by atoms with Gasteiger partial charge in [-0.1, -0.05) is 13.8 Å². The summed E-state index contributed by atoms with van der Waals surface area (Å²) in [6.07, 6.45) is 1.83. The Morgan fingerprint density at radius 1 is 1.36 bits per heavy atom. The van der Waals surface area contributed by atoms with Gasteiger partial charge < -0.3 is 9.64 Å². The van der Waals surface area contributed by atoms with Gasteiger partial charge in [-0.25, -0.2) is 4.39 Å². The average Bonchev–Trinajstić information content (AvgIpc) is 2.52. The Bertz CT molecular complexity index is 534. The zero-order valence-electron chi connectivity index (χ0n) is 13.4. The number of carbonyl (C=O) groups is 1. The zero-order chi connectivity index (χ0) is 16.5. The zero-order valence-corrected chi connectivity index (χ0v) is 13.4. The van der Waals surface area contributed by atoms with Gasteiger partial charge in [0.05, 0.1) is 13.2 Å². The van der Waals surface area contributed by atoms with Crippen LogP contribution in [0.5, 0.6) is 5.75 Å². The molecule has 0 saturated carbocycles. The molecule has 1 aromatic carbocycles. The largest absolute Gasteiger partial charge is 0.496 e. The molecule has 0 N–H and O–H groups in total. The van der Waals surface area contributed by atoms with Crippen LogP contribution in [0.1, 0.15) is 32.3 Å². The van der Waals surface area contributed by atoms with Crippen LogP contribution in [-0.4, -0.2) is 31.0 Å². The first kappa shape index (κ1) is 18.0. The lowest BCUT2D eigenvalue weighted by atomic mass is 9.98. The predicted octanol–water partition coefficient (Wildman–Crippen LogP) is 3.17. The summed E-state index contributed by atoms with van der Waals surface area (Å²) in [5.74, 6) is -0.933. The van der Waals surface area contributed by atoms with E-state index in [0.717, 1.165) is 12.8 Å². The summed E-state index contributed by atoms with van der Waals surface area (Å²) >= 11 is 0. The van der Waals surface area contributed by atoms with Crippen LogP contribution in [-0.2, 0) is 11.2 Å². The lowest BCUT2D eigenvalue weighted by Crippen LogP contribution is -2.37. The molecule has 1 rings (SSSR count). The molecule has 0 aromatic heterocycles. The van der Waals surface area contributed by atoms with Crippen LogP contribution < -0.4 is 4.74 Å². The molecule has 22 heavy (non-hydrogen) atoms. The number of nitriles is 1. The molecule has 0 saturated heterocycles. The fourth-order valence-electron chi connectivity index (χ4n) is 2.41. The van der Waals surface area contributed by atoms with Crippen LogP contribution in [0.25, 0.3) is 0 Å². The second-order valence-corrected chi connectivity index (χ2v) is 5.17. The highest BCUT2D eigenvalue weighted by Crippen LogP contribution is 2.23. The first-order valence-electron chi connectivity index (χ1n) is 7.58. The van der Waals surface area contributed by atoms with Crippen molar-refractivity contribution in [2.75, 3.05) is 20.2 Å². The molecule has 1 unspecified atom stereocenters. The van der Waals surface area contributed by atoms with E-state index in [1.807, 2.05) is 19.9 Å². The third kappa shape index (κ3) is 4.73. The van der Waals surface area contributed by atoms with E-state index in [0.29, 0.717) is 24.4 Å². The van der Waals surface area contributed by atoms with Crippen molar-refractivity contribution in [3.05, 3.63) is 29.6 Å². The topological polar surface area (TPSA) is 53.3 Å². The van der Waals surface area contributed by atoms with E-state index in [1.54, 1.807) is 4.90 Å². The van der Waals surface area contributed by atoms with Gasteiger partial charge in [0.2, 0.25) is 5.91 Å². The Labute approximate surface area is 131 Å². The molecule has 0 aliphatic carbocycles. The molecule has 4 nitrogen and oxygen atoms in total. The Kier molecular flexibility index (Phi) is 7.38. The molecular weight excluding hydrogens is 283 g/mol. The number of hydrogen-bond acceptors (Lipinski definition) is 3. The van der Waals surface area contributed by atoms with Crippen molar-refractivity contribution in [2.45, 2.75) is 33.1 Å². The van der Waals surface area contributed by atoms with Gasteiger partial charge in [0, 0.05) is 19.5 Å². The molecule has 0 heterocycles. The summed E-state index contributed by atoms with van der Waals surface area (Å²) in [4.78, 5) is 14.2. The van der Waals surface area contributed by atoms with Gasteiger partial charge in [0.1, 0.15) is 17.5 Å². The highest BCUT2D eigenvalue weighted by atomic mass is 19.1. The fraction of sp³-hybridized carbons (Fsp3) is 0.529. The molecular formula is C17H23FN2O2.